The smallest absolute Gasteiger partial charge is 0.321 e. The molecule has 0 radical (unpaired) electrons. The average Bonchev–Trinajstić information content (AvgIpc) is 3.38. The topological polar surface area (TPSA) is 75.4 Å². The van der Waals surface area contributed by atoms with Crippen molar-refractivity contribution in [2.24, 2.45) is 5.73 Å². The zero-order chi connectivity index (χ0) is 18.0. The van der Waals surface area contributed by atoms with Crippen LogP contribution < -0.4 is 11.1 Å². The molecule has 0 aromatic heterocycles. The van der Waals surface area contributed by atoms with Crippen molar-refractivity contribution in [3.05, 3.63) is 65.5 Å². The van der Waals surface area contributed by atoms with Gasteiger partial charge >= 0.3 is 6.03 Å². The molecular formula is C19H20FN3O2. The third kappa shape index (κ3) is 3.63. The highest BCUT2D eigenvalue weighted by Crippen LogP contribution is 2.48. The molecule has 1 saturated carbocycles. The predicted octanol–water partition coefficient (Wildman–Crippen LogP) is 3.12. The molecule has 0 saturated heterocycles. The number of carbonyl (C=O) groups is 2. The highest BCUT2D eigenvalue weighted by atomic mass is 19.1. The molecule has 2 aromatic carbocycles. The van der Waals surface area contributed by atoms with E-state index in [2.05, 4.69) is 17.4 Å². The first-order valence-corrected chi connectivity index (χ1v) is 8.08. The number of nitrogens with two attached hydrogens (primary N) is 1. The molecule has 3 amide bonds. The van der Waals surface area contributed by atoms with Crippen LogP contribution in [0.15, 0.2) is 48.5 Å². The van der Waals surface area contributed by atoms with Crippen LogP contribution in [0.4, 0.5) is 14.9 Å². The Morgan fingerprint density at radius 3 is 2.48 bits per heavy atom. The highest BCUT2D eigenvalue weighted by molar-refractivity contribution is 5.96. The van der Waals surface area contributed by atoms with Crippen molar-refractivity contribution >= 4 is 17.6 Å². The Hall–Kier alpha value is -2.89. The summed E-state index contributed by atoms with van der Waals surface area (Å²) in [5.41, 5.74) is 6.45. The Morgan fingerprint density at radius 2 is 1.88 bits per heavy atom. The molecule has 130 valence electrons. The van der Waals surface area contributed by atoms with E-state index in [0.29, 0.717) is 12.2 Å². The molecular weight excluding hydrogens is 321 g/mol. The van der Waals surface area contributed by atoms with Gasteiger partial charge in [-0.25, -0.2) is 9.18 Å². The summed E-state index contributed by atoms with van der Waals surface area (Å²) in [6.07, 6.45) is 2.08. The quantitative estimate of drug-likeness (QED) is 0.877. The van der Waals surface area contributed by atoms with E-state index in [1.54, 1.807) is 11.9 Å². The van der Waals surface area contributed by atoms with Gasteiger partial charge in [-0.05, 0) is 36.6 Å². The largest absolute Gasteiger partial charge is 0.366 e. The van der Waals surface area contributed by atoms with Crippen LogP contribution in [0.1, 0.15) is 28.8 Å². The molecule has 5 nitrogen and oxygen atoms in total. The van der Waals surface area contributed by atoms with E-state index in [-0.39, 0.29) is 17.0 Å². The van der Waals surface area contributed by atoms with Crippen molar-refractivity contribution in [1.82, 2.24) is 4.90 Å². The van der Waals surface area contributed by atoms with E-state index in [9.17, 15) is 14.0 Å². The van der Waals surface area contributed by atoms with Crippen molar-refractivity contribution in [2.75, 3.05) is 18.9 Å². The maximum absolute atomic E-state index is 13.5. The van der Waals surface area contributed by atoms with Gasteiger partial charge in [-0.1, -0.05) is 30.3 Å². The summed E-state index contributed by atoms with van der Waals surface area (Å²) in [6, 6.07) is 13.6. The Balaban J connectivity index is 1.68. The number of hydrogen-bond donors (Lipinski definition) is 2. The lowest BCUT2D eigenvalue weighted by atomic mass is 9.95. The maximum Gasteiger partial charge on any atom is 0.321 e. The van der Waals surface area contributed by atoms with Crippen LogP contribution in [0.5, 0.6) is 0 Å². The van der Waals surface area contributed by atoms with Crippen molar-refractivity contribution in [3.8, 4) is 0 Å². The molecule has 0 atom stereocenters. The van der Waals surface area contributed by atoms with Crippen LogP contribution in [0.3, 0.4) is 0 Å². The van der Waals surface area contributed by atoms with Crippen LogP contribution in [-0.2, 0) is 5.41 Å². The standard InChI is InChI=1S/C19H20FN3O2/c1-23(12-19(9-10-19)13-5-3-2-4-6-13)18(25)22-14-7-8-16(20)15(11-14)17(21)24/h2-8,11H,9-10,12H2,1H3,(H2,21,24)(H,22,25). The molecule has 3 rings (SSSR count). The summed E-state index contributed by atoms with van der Waals surface area (Å²) < 4.78 is 13.5. The molecule has 25 heavy (non-hydrogen) atoms. The second kappa shape index (κ2) is 6.55. The Labute approximate surface area is 145 Å². The molecule has 0 bridgehead atoms. The van der Waals surface area contributed by atoms with Gasteiger partial charge in [0.15, 0.2) is 0 Å². The number of halogens is 1. The van der Waals surface area contributed by atoms with Gasteiger partial charge < -0.3 is 16.0 Å². The number of benzene rings is 2. The molecule has 6 heteroatoms. The van der Waals surface area contributed by atoms with Gasteiger partial charge in [0.1, 0.15) is 5.82 Å². The van der Waals surface area contributed by atoms with Gasteiger partial charge in [-0.3, -0.25) is 4.79 Å². The first-order valence-electron chi connectivity index (χ1n) is 8.08. The van der Waals surface area contributed by atoms with Crippen molar-refractivity contribution < 1.29 is 14.0 Å². The number of carbonyl (C=O) groups excluding carboxylic acids is 2. The Kier molecular flexibility index (Phi) is 4.44. The minimum atomic E-state index is -0.872. The van der Waals surface area contributed by atoms with Gasteiger partial charge in [0, 0.05) is 24.7 Å². The van der Waals surface area contributed by atoms with Crippen LogP contribution >= 0.6 is 0 Å². The predicted molar refractivity (Wildman–Crippen MR) is 93.9 cm³/mol. The summed E-state index contributed by atoms with van der Waals surface area (Å²) in [7, 11) is 1.72. The van der Waals surface area contributed by atoms with E-state index in [1.807, 2.05) is 18.2 Å². The molecule has 0 aliphatic heterocycles. The number of primary amides is 1. The van der Waals surface area contributed by atoms with Gasteiger partial charge in [0.05, 0.1) is 5.56 Å². The molecule has 0 spiro atoms. The Bertz CT molecular complexity index is 804. The zero-order valence-corrected chi connectivity index (χ0v) is 14.0. The van der Waals surface area contributed by atoms with Gasteiger partial charge in [-0.2, -0.15) is 0 Å². The summed E-state index contributed by atoms with van der Waals surface area (Å²) in [6.45, 7) is 0.590. The second-order valence-corrected chi connectivity index (χ2v) is 6.49. The first-order chi connectivity index (χ1) is 11.9. The van der Waals surface area contributed by atoms with Gasteiger partial charge in [0.25, 0.3) is 5.91 Å². The maximum atomic E-state index is 13.5. The lowest BCUT2D eigenvalue weighted by Crippen LogP contribution is -2.37. The lowest BCUT2D eigenvalue weighted by molar-refractivity contribution is 0.0996. The van der Waals surface area contributed by atoms with Crippen LogP contribution in [0, 0.1) is 5.82 Å². The second-order valence-electron chi connectivity index (χ2n) is 6.49. The molecule has 1 fully saturated rings. The van der Waals surface area contributed by atoms with Gasteiger partial charge in [-0.15, -0.1) is 0 Å². The number of anilines is 1. The molecule has 1 aliphatic carbocycles. The molecule has 2 aromatic rings. The van der Waals surface area contributed by atoms with Crippen LogP contribution in [-0.4, -0.2) is 30.4 Å². The fraction of sp³-hybridized carbons (Fsp3) is 0.263. The highest BCUT2D eigenvalue weighted by Gasteiger charge is 2.45. The number of amides is 3. The van der Waals surface area contributed by atoms with Gasteiger partial charge in [0.2, 0.25) is 0 Å². The molecule has 1 aliphatic rings. The third-order valence-corrected chi connectivity index (χ3v) is 4.61. The molecule has 0 unspecified atom stereocenters. The Morgan fingerprint density at radius 1 is 1.20 bits per heavy atom. The van der Waals surface area contributed by atoms with Crippen molar-refractivity contribution in [1.29, 1.82) is 0 Å². The molecule has 0 heterocycles. The van der Waals surface area contributed by atoms with E-state index in [0.717, 1.165) is 18.9 Å². The van der Waals surface area contributed by atoms with Crippen molar-refractivity contribution in [2.45, 2.75) is 18.3 Å². The minimum absolute atomic E-state index is 0.00846. The normalized spacial score (nSPS) is 14.6. The molecule has 3 N–H and O–H groups in total. The number of urea groups is 1. The zero-order valence-electron chi connectivity index (χ0n) is 14.0. The van der Waals surface area contributed by atoms with E-state index in [4.69, 9.17) is 5.73 Å². The summed E-state index contributed by atoms with van der Waals surface area (Å²) in [5.74, 6) is -1.58. The van der Waals surface area contributed by atoms with Crippen LogP contribution in [0.25, 0.3) is 0 Å². The van der Waals surface area contributed by atoms with Crippen molar-refractivity contribution in [3.63, 3.8) is 0 Å². The number of nitrogens with one attached hydrogen (secondary N) is 1. The van der Waals surface area contributed by atoms with E-state index in [1.165, 1.54) is 17.7 Å². The number of nitrogens with zero attached hydrogens (tertiary/aromatic N) is 1. The minimum Gasteiger partial charge on any atom is -0.366 e. The summed E-state index contributed by atoms with van der Waals surface area (Å²) in [4.78, 5) is 25.2. The third-order valence-electron chi connectivity index (χ3n) is 4.61. The lowest BCUT2D eigenvalue weighted by Gasteiger charge is -2.24. The fourth-order valence-corrected chi connectivity index (χ4v) is 3.02. The number of rotatable bonds is 5. The SMILES string of the molecule is CN(CC1(c2ccccc2)CC1)C(=O)Nc1ccc(F)c(C(N)=O)c1. The summed E-state index contributed by atoms with van der Waals surface area (Å²) in [5, 5.41) is 2.68. The summed E-state index contributed by atoms with van der Waals surface area (Å²) >= 11 is 0. The average molecular weight is 341 g/mol. The first kappa shape index (κ1) is 17.0. The number of hydrogen-bond acceptors (Lipinski definition) is 2. The monoisotopic (exact) mass is 341 g/mol. The van der Waals surface area contributed by atoms with E-state index >= 15 is 0 Å². The fourth-order valence-electron chi connectivity index (χ4n) is 3.02. The number of likely N-dealkylation sites (N-methyl/N-ethyl adjacent to an activating group) is 1. The van der Waals surface area contributed by atoms with Crippen LogP contribution in [0.2, 0.25) is 0 Å². The van der Waals surface area contributed by atoms with E-state index < -0.39 is 11.7 Å².